The number of carbonyl (C=O) groups is 1. The Morgan fingerprint density at radius 1 is 1.04 bits per heavy atom. The fourth-order valence-electron chi connectivity index (χ4n) is 2.17. The van der Waals surface area contributed by atoms with Crippen molar-refractivity contribution in [3.63, 3.8) is 0 Å². The first-order chi connectivity index (χ1) is 12.3. The fourth-order valence-corrected chi connectivity index (χ4v) is 2.17. The number of hydrogen-bond acceptors (Lipinski definition) is 3. The van der Waals surface area contributed by atoms with Crippen LogP contribution in [0.4, 0.5) is 0 Å². The number of rotatable bonds is 8. The molecule has 3 N–H and O–H groups in total. The zero-order chi connectivity index (χ0) is 17.7. The molecule has 0 saturated carbocycles. The molecule has 1 aromatic carbocycles. The molecule has 0 spiro atoms. The number of aromatic nitrogens is 1. The van der Waals surface area contributed by atoms with Gasteiger partial charge in [-0.1, -0.05) is 36.4 Å². The maximum atomic E-state index is 11.9. The first-order valence-corrected chi connectivity index (χ1v) is 8.50. The number of aliphatic imine (C=N–C) groups is 1. The van der Waals surface area contributed by atoms with E-state index in [9.17, 15) is 4.79 Å². The molecule has 26 heavy (non-hydrogen) atoms. The summed E-state index contributed by atoms with van der Waals surface area (Å²) in [5.41, 5.74) is 1.99. The summed E-state index contributed by atoms with van der Waals surface area (Å²) in [6.07, 6.45) is 2.14. The summed E-state index contributed by atoms with van der Waals surface area (Å²) >= 11 is 0. The van der Waals surface area contributed by atoms with Gasteiger partial charge in [0.15, 0.2) is 5.96 Å². The van der Waals surface area contributed by atoms with Gasteiger partial charge in [-0.3, -0.25) is 9.78 Å². The number of halogens is 1. The maximum absolute atomic E-state index is 11.9. The molecular formula is C19H26IN5O. The number of amides is 1. The topological polar surface area (TPSA) is 78.4 Å². The van der Waals surface area contributed by atoms with Gasteiger partial charge in [0.1, 0.15) is 0 Å². The normalized spacial score (nSPS) is 10.6. The Morgan fingerprint density at radius 3 is 2.50 bits per heavy atom. The van der Waals surface area contributed by atoms with Gasteiger partial charge < -0.3 is 16.0 Å². The van der Waals surface area contributed by atoms with Crippen molar-refractivity contribution in [3.05, 3.63) is 66.0 Å². The minimum absolute atomic E-state index is 0. The van der Waals surface area contributed by atoms with Crippen LogP contribution in [0.2, 0.25) is 0 Å². The predicted molar refractivity (Wildman–Crippen MR) is 115 cm³/mol. The minimum Gasteiger partial charge on any atom is -0.357 e. The van der Waals surface area contributed by atoms with E-state index >= 15 is 0 Å². The van der Waals surface area contributed by atoms with Crippen molar-refractivity contribution in [3.8, 4) is 0 Å². The average molecular weight is 467 g/mol. The number of carbonyl (C=O) groups excluding carboxylic acids is 1. The molecule has 2 aromatic rings. The highest BCUT2D eigenvalue weighted by Gasteiger charge is 2.03. The number of guanidine groups is 1. The van der Waals surface area contributed by atoms with E-state index in [0.29, 0.717) is 32.0 Å². The van der Waals surface area contributed by atoms with Gasteiger partial charge in [-0.2, -0.15) is 0 Å². The molecule has 1 amide bonds. The number of hydrogen-bond donors (Lipinski definition) is 3. The van der Waals surface area contributed by atoms with Gasteiger partial charge in [-0.25, -0.2) is 4.99 Å². The molecule has 0 radical (unpaired) electrons. The van der Waals surface area contributed by atoms with Crippen LogP contribution >= 0.6 is 24.0 Å². The Kier molecular flexibility index (Phi) is 11.0. The lowest BCUT2D eigenvalue weighted by Crippen LogP contribution is -2.39. The van der Waals surface area contributed by atoms with Crippen molar-refractivity contribution in [1.82, 2.24) is 20.9 Å². The molecule has 0 unspecified atom stereocenters. The van der Waals surface area contributed by atoms with Gasteiger partial charge in [-0.15, -0.1) is 24.0 Å². The van der Waals surface area contributed by atoms with Crippen LogP contribution in [0.3, 0.4) is 0 Å². The first kappa shape index (κ1) is 21.9. The van der Waals surface area contributed by atoms with Crippen molar-refractivity contribution in [2.75, 3.05) is 13.1 Å². The van der Waals surface area contributed by atoms with Crippen LogP contribution < -0.4 is 16.0 Å². The molecule has 0 aliphatic heterocycles. The summed E-state index contributed by atoms with van der Waals surface area (Å²) in [5.74, 6) is 0.695. The van der Waals surface area contributed by atoms with Crippen LogP contribution in [-0.4, -0.2) is 29.9 Å². The highest BCUT2D eigenvalue weighted by atomic mass is 127. The Morgan fingerprint density at radius 2 is 1.81 bits per heavy atom. The maximum Gasteiger partial charge on any atom is 0.222 e. The van der Waals surface area contributed by atoms with Crippen LogP contribution in [0.15, 0.2) is 59.7 Å². The van der Waals surface area contributed by atoms with E-state index in [0.717, 1.165) is 17.8 Å². The van der Waals surface area contributed by atoms with Crippen LogP contribution in [0.5, 0.6) is 0 Å². The summed E-state index contributed by atoms with van der Waals surface area (Å²) in [7, 11) is 0. The molecule has 0 saturated heterocycles. The number of benzene rings is 1. The smallest absolute Gasteiger partial charge is 0.222 e. The van der Waals surface area contributed by atoms with Crippen LogP contribution in [0.25, 0.3) is 0 Å². The zero-order valence-corrected chi connectivity index (χ0v) is 17.3. The minimum atomic E-state index is 0. The van der Waals surface area contributed by atoms with E-state index in [2.05, 4.69) is 25.9 Å². The first-order valence-electron chi connectivity index (χ1n) is 8.50. The highest BCUT2D eigenvalue weighted by Crippen LogP contribution is 1.97. The second kappa shape index (κ2) is 13.1. The number of nitrogens with zero attached hydrogens (tertiary/aromatic N) is 2. The molecule has 0 aliphatic rings. The molecule has 140 valence electrons. The van der Waals surface area contributed by atoms with Gasteiger partial charge in [0.2, 0.25) is 5.91 Å². The molecule has 0 aliphatic carbocycles. The Balaban J connectivity index is 0.00000338. The van der Waals surface area contributed by atoms with Crippen molar-refractivity contribution in [2.45, 2.75) is 26.4 Å². The standard InChI is InChI=1S/C19H25N5O.HI/c1-2-20-19(24-15-17-10-6-7-12-21-17)22-13-11-18(25)23-14-16-8-4-3-5-9-16;/h3-10,12H,2,11,13-15H2,1H3,(H,23,25)(H2,20,22,24);1H. The largest absolute Gasteiger partial charge is 0.357 e. The van der Waals surface area contributed by atoms with Crippen molar-refractivity contribution < 1.29 is 4.79 Å². The average Bonchev–Trinajstić information content (AvgIpc) is 2.66. The van der Waals surface area contributed by atoms with Gasteiger partial charge >= 0.3 is 0 Å². The summed E-state index contributed by atoms with van der Waals surface area (Å²) in [6.45, 7) is 4.33. The third-order valence-corrected chi connectivity index (χ3v) is 3.45. The van der Waals surface area contributed by atoms with Gasteiger partial charge in [-0.05, 0) is 24.6 Å². The van der Waals surface area contributed by atoms with Crippen molar-refractivity contribution in [1.29, 1.82) is 0 Å². The Hall–Kier alpha value is -2.16. The lowest BCUT2D eigenvalue weighted by atomic mass is 10.2. The SMILES string of the molecule is CCNC(=NCc1ccccn1)NCCC(=O)NCc1ccccc1.I. The van der Waals surface area contributed by atoms with E-state index in [1.54, 1.807) is 6.20 Å². The lowest BCUT2D eigenvalue weighted by Gasteiger charge is -2.11. The quantitative estimate of drug-likeness (QED) is 0.317. The summed E-state index contributed by atoms with van der Waals surface area (Å²) in [5, 5.41) is 9.25. The van der Waals surface area contributed by atoms with E-state index in [1.807, 2.05) is 55.5 Å². The molecule has 7 heteroatoms. The van der Waals surface area contributed by atoms with E-state index in [1.165, 1.54) is 0 Å². The molecule has 0 bridgehead atoms. The second-order valence-corrected chi connectivity index (χ2v) is 5.46. The Labute approximate surface area is 171 Å². The third-order valence-electron chi connectivity index (χ3n) is 3.45. The van der Waals surface area contributed by atoms with Crippen molar-refractivity contribution in [2.24, 2.45) is 4.99 Å². The Bertz CT molecular complexity index is 664. The van der Waals surface area contributed by atoms with E-state index in [4.69, 9.17) is 0 Å². The molecule has 6 nitrogen and oxygen atoms in total. The summed E-state index contributed by atoms with van der Waals surface area (Å²) in [4.78, 5) is 20.6. The van der Waals surface area contributed by atoms with Crippen molar-refractivity contribution >= 4 is 35.8 Å². The zero-order valence-electron chi connectivity index (χ0n) is 14.9. The van der Waals surface area contributed by atoms with Crippen LogP contribution in [0, 0.1) is 0 Å². The highest BCUT2D eigenvalue weighted by molar-refractivity contribution is 14.0. The van der Waals surface area contributed by atoms with Crippen LogP contribution in [-0.2, 0) is 17.9 Å². The monoisotopic (exact) mass is 467 g/mol. The van der Waals surface area contributed by atoms with Gasteiger partial charge in [0.05, 0.1) is 12.2 Å². The summed E-state index contributed by atoms with van der Waals surface area (Å²) in [6, 6.07) is 15.6. The fraction of sp³-hybridized carbons (Fsp3) is 0.316. The molecule has 2 rings (SSSR count). The third kappa shape index (κ3) is 8.80. The molecule has 0 atom stereocenters. The predicted octanol–water partition coefficient (Wildman–Crippen LogP) is 2.46. The lowest BCUT2D eigenvalue weighted by molar-refractivity contribution is -0.121. The van der Waals surface area contributed by atoms with Gasteiger partial charge in [0, 0.05) is 32.3 Å². The second-order valence-electron chi connectivity index (χ2n) is 5.46. The summed E-state index contributed by atoms with van der Waals surface area (Å²) < 4.78 is 0. The van der Waals surface area contributed by atoms with Gasteiger partial charge in [0.25, 0.3) is 0 Å². The number of pyridine rings is 1. The van der Waals surface area contributed by atoms with Crippen LogP contribution in [0.1, 0.15) is 24.6 Å². The number of nitrogens with one attached hydrogen (secondary N) is 3. The molecule has 1 heterocycles. The molecule has 0 fully saturated rings. The molecular weight excluding hydrogens is 441 g/mol. The van der Waals surface area contributed by atoms with E-state index in [-0.39, 0.29) is 29.9 Å². The molecule has 1 aromatic heterocycles. The van der Waals surface area contributed by atoms with E-state index < -0.39 is 0 Å².